The second kappa shape index (κ2) is 12.8. The molecule has 4 rings (SSSR count). The van der Waals surface area contributed by atoms with E-state index in [0.29, 0.717) is 35.9 Å². The fourth-order valence-corrected chi connectivity index (χ4v) is 4.36. The van der Waals surface area contributed by atoms with Gasteiger partial charge in [0.05, 0.1) is 12.0 Å². The number of carbonyl (C=O) groups is 1. The molecule has 11 nitrogen and oxygen atoms in total. The third-order valence-corrected chi connectivity index (χ3v) is 6.75. The number of nitrogens with zero attached hydrogens (tertiary/aromatic N) is 4. The molecule has 0 bridgehead atoms. The smallest absolute Gasteiger partial charge is 0.384 e. The molecule has 2 aromatic heterocycles. The van der Waals surface area contributed by atoms with Crippen LogP contribution in [-0.2, 0) is 29.0 Å². The zero-order valence-corrected chi connectivity index (χ0v) is 24.6. The molecule has 0 radical (unpaired) electrons. The van der Waals surface area contributed by atoms with Gasteiger partial charge in [0.2, 0.25) is 0 Å². The standard InChI is InChI=1S/C31H36N6O5/c1-6-7-12-26-33-19(2)24(17-25(32)35-41-29(39)31(3,4)5)28(38)37(26)18-20-13-15-21(16-14-20)22-10-8-9-11-23(22)27-34-30(40)42-36-27/h8-11,13-16H,6-7,12,17-18H2,1-5H3,(H2,32,35)(H,34,36,40). The van der Waals surface area contributed by atoms with Crippen molar-refractivity contribution in [3.05, 3.63) is 92.1 Å². The SMILES string of the molecule is CCCCc1nc(C)c(C/C(N)=N/OC(=O)C(C)(C)C)c(=O)n1Cc1ccc(-c2ccccc2-c2noc(=O)[nH]2)cc1. The lowest BCUT2D eigenvalue weighted by Gasteiger charge is -2.17. The normalized spacial score (nSPS) is 12.0. The summed E-state index contributed by atoms with van der Waals surface area (Å²) in [7, 11) is 0. The van der Waals surface area contributed by atoms with E-state index in [2.05, 4.69) is 26.7 Å². The Hall–Kier alpha value is -4.80. The van der Waals surface area contributed by atoms with Crippen LogP contribution in [0.3, 0.4) is 0 Å². The predicted molar refractivity (Wildman–Crippen MR) is 160 cm³/mol. The Labute approximate surface area is 243 Å². The van der Waals surface area contributed by atoms with Gasteiger partial charge in [-0.1, -0.05) is 72.2 Å². The summed E-state index contributed by atoms with van der Waals surface area (Å²) in [5, 5.41) is 7.59. The largest absolute Gasteiger partial charge is 0.439 e. The van der Waals surface area contributed by atoms with Gasteiger partial charge >= 0.3 is 11.7 Å². The fraction of sp³-hybridized carbons (Fsp3) is 0.355. The van der Waals surface area contributed by atoms with E-state index in [1.54, 1.807) is 32.3 Å². The maximum Gasteiger partial charge on any atom is 0.439 e. The molecule has 0 aliphatic heterocycles. The average Bonchev–Trinajstić information content (AvgIpc) is 3.40. The van der Waals surface area contributed by atoms with Gasteiger partial charge < -0.3 is 10.6 Å². The summed E-state index contributed by atoms with van der Waals surface area (Å²) in [4.78, 5) is 49.7. The number of hydrogen-bond donors (Lipinski definition) is 2. The van der Waals surface area contributed by atoms with E-state index in [0.717, 1.165) is 35.1 Å². The van der Waals surface area contributed by atoms with Crippen LogP contribution in [-0.4, -0.2) is 31.5 Å². The molecule has 0 saturated carbocycles. The summed E-state index contributed by atoms with van der Waals surface area (Å²) in [6.07, 6.45) is 2.50. The molecule has 3 N–H and O–H groups in total. The minimum absolute atomic E-state index is 0.00298. The number of aromatic nitrogens is 4. The molecule has 4 aromatic rings. The van der Waals surface area contributed by atoms with E-state index in [1.807, 2.05) is 48.5 Å². The first-order chi connectivity index (χ1) is 20.0. The lowest BCUT2D eigenvalue weighted by molar-refractivity contribution is -0.152. The number of aryl methyl sites for hydroxylation is 2. The van der Waals surface area contributed by atoms with E-state index in [1.165, 1.54) is 0 Å². The molecule has 2 aromatic carbocycles. The van der Waals surface area contributed by atoms with Crippen molar-refractivity contribution in [2.75, 3.05) is 0 Å². The van der Waals surface area contributed by atoms with Crippen LogP contribution >= 0.6 is 0 Å². The van der Waals surface area contributed by atoms with Gasteiger partial charge in [-0.05, 0) is 50.8 Å². The van der Waals surface area contributed by atoms with Crippen molar-refractivity contribution in [1.82, 2.24) is 19.7 Å². The molecule has 0 spiro atoms. The molecule has 11 heteroatoms. The van der Waals surface area contributed by atoms with Gasteiger partial charge in [0.15, 0.2) is 5.82 Å². The quantitative estimate of drug-likeness (QED) is 0.123. The van der Waals surface area contributed by atoms with Crippen LogP contribution in [0.5, 0.6) is 0 Å². The zero-order chi connectivity index (χ0) is 30.4. The van der Waals surface area contributed by atoms with Crippen molar-refractivity contribution in [2.45, 2.75) is 66.8 Å². The summed E-state index contributed by atoms with van der Waals surface area (Å²) < 4.78 is 6.36. The van der Waals surface area contributed by atoms with Gasteiger partial charge in [-0.3, -0.25) is 18.9 Å². The van der Waals surface area contributed by atoms with Crippen molar-refractivity contribution >= 4 is 11.8 Å². The fourth-order valence-electron chi connectivity index (χ4n) is 4.36. The van der Waals surface area contributed by atoms with Crippen LogP contribution in [0.2, 0.25) is 0 Å². The third kappa shape index (κ3) is 7.09. The average molecular weight is 573 g/mol. The Morgan fingerprint density at radius 3 is 2.40 bits per heavy atom. The number of amidine groups is 1. The first-order valence-electron chi connectivity index (χ1n) is 13.9. The van der Waals surface area contributed by atoms with E-state index >= 15 is 0 Å². The highest BCUT2D eigenvalue weighted by Crippen LogP contribution is 2.30. The highest BCUT2D eigenvalue weighted by Gasteiger charge is 2.24. The van der Waals surface area contributed by atoms with Gasteiger partial charge in [0.1, 0.15) is 11.7 Å². The second-order valence-electron chi connectivity index (χ2n) is 11.2. The number of aromatic amines is 1. The van der Waals surface area contributed by atoms with Crippen LogP contribution in [0.25, 0.3) is 22.5 Å². The molecule has 0 saturated heterocycles. The molecule has 0 aliphatic carbocycles. The molecule has 220 valence electrons. The number of benzene rings is 2. The molecule has 0 unspecified atom stereocenters. The molecule has 0 amide bonds. The summed E-state index contributed by atoms with van der Waals surface area (Å²) >= 11 is 0. The Balaban J connectivity index is 1.64. The molecule has 0 fully saturated rings. The Bertz CT molecular complexity index is 1710. The summed E-state index contributed by atoms with van der Waals surface area (Å²) in [6.45, 7) is 9.32. The number of nitrogens with one attached hydrogen (secondary N) is 1. The lowest BCUT2D eigenvalue weighted by atomic mass is 9.98. The number of unbranched alkanes of at least 4 members (excludes halogenated alkanes) is 1. The number of hydrogen-bond acceptors (Lipinski definition) is 8. The monoisotopic (exact) mass is 572 g/mol. The van der Waals surface area contributed by atoms with Gasteiger partial charge in [-0.25, -0.2) is 14.6 Å². The van der Waals surface area contributed by atoms with E-state index in [9.17, 15) is 14.4 Å². The molecular formula is C31H36N6O5. The summed E-state index contributed by atoms with van der Waals surface area (Å²) in [6, 6.07) is 15.4. The van der Waals surface area contributed by atoms with Crippen LogP contribution in [0.4, 0.5) is 0 Å². The van der Waals surface area contributed by atoms with Crippen molar-refractivity contribution in [3.8, 4) is 22.5 Å². The van der Waals surface area contributed by atoms with Gasteiger partial charge in [-0.15, -0.1) is 0 Å². The number of rotatable bonds is 10. The highest BCUT2D eigenvalue weighted by atomic mass is 16.7. The number of nitrogens with two attached hydrogens (primary N) is 1. The van der Waals surface area contributed by atoms with Gasteiger partial charge in [0, 0.05) is 29.7 Å². The first-order valence-corrected chi connectivity index (χ1v) is 13.9. The van der Waals surface area contributed by atoms with Crippen molar-refractivity contribution in [1.29, 1.82) is 0 Å². The predicted octanol–water partition coefficient (Wildman–Crippen LogP) is 4.36. The lowest BCUT2D eigenvalue weighted by Crippen LogP contribution is -2.33. The van der Waals surface area contributed by atoms with Crippen LogP contribution < -0.4 is 17.0 Å². The summed E-state index contributed by atoms with van der Waals surface area (Å²) in [5.74, 6) is -0.0837. The van der Waals surface area contributed by atoms with Crippen molar-refractivity contribution in [2.24, 2.45) is 16.3 Å². The molecule has 0 atom stereocenters. The van der Waals surface area contributed by atoms with Gasteiger partial charge in [-0.2, -0.15) is 0 Å². The van der Waals surface area contributed by atoms with Crippen molar-refractivity contribution in [3.63, 3.8) is 0 Å². The van der Waals surface area contributed by atoms with Crippen LogP contribution in [0, 0.1) is 12.3 Å². The Morgan fingerprint density at radius 1 is 1.10 bits per heavy atom. The number of oxime groups is 1. The van der Waals surface area contributed by atoms with Crippen LogP contribution in [0.15, 0.2) is 67.8 Å². The minimum atomic E-state index is -0.735. The third-order valence-electron chi connectivity index (χ3n) is 6.75. The molecule has 2 heterocycles. The number of H-pyrrole nitrogens is 1. The van der Waals surface area contributed by atoms with Crippen molar-refractivity contribution < 1.29 is 14.2 Å². The second-order valence-corrected chi connectivity index (χ2v) is 11.2. The molecule has 42 heavy (non-hydrogen) atoms. The summed E-state index contributed by atoms with van der Waals surface area (Å²) in [5.41, 5.74) is 9.49. The zero-order valence-electron chi connectivity index (χ0n) is 24.6. The highest BCUT2D eigenvalue weighted by molar-refractivity contribution is 5.84. The molecular weight excluding hydrogens is 536 g/mol. The topological polar surface area (TPSA) is 158 Å². The Kier molecular flexibility index (Phi) is 9.19. The van der Waals surface area contributed by atoms with E-state index in [-0.39, 0.29) is 17.8 Å². The maximum atomic E-state index is 13.8. The van der Waals surface area contributed by atoms with E-state index in [4.69, 9.17) is 15.6 Å². The van der Waals surface area contributed by atoms with Crippen LogP contribution in [0.1, 0.15) is 63.2 Å². The molecule has 0 aliphatic rings. The minimum Gasteiger partial charge on any atom is -0.384 e. The number of carbonyl (C=O) groups excluding carboxylic acids is 1. The maximum absolute atomic E-state index is 13.8. The first kappa shape index (κ1) is 30.2. The Morgan fingerprint density at radius 2 is 1.79 bits per heavy atom. The van der Waals surface area contributed by atoms with E-state index < -0.39 is 17.1 Å². The van der Waals surface area contributed by atoms with Gasteiger partial charge in [0.25, 0.3) is 5.56 Å².